The van der Waals surface area contributed by atoms with E-state index >= 15 is 0 Å². The minimum Gasteiger partial charge on any atom is -0.298 e. The van der Waals surface area contributed by atoms with Gasteiger partial charge in [-0.1, -0.05) is 25.6 Å². The van der Waals surface area contributed by atoms with Crippen molar-refractivity contribution >= 4 is 14.4 Å². The van der Waals surface area contributed by atoms with Gasteiger partial charge in [-0.3, -0.25) is 9.78 Å². The maximum absolute atomic E-state index is 12.4. The first kappa shape index (κ1) is 14.4. The molecule has 0 spiro atoms. The third-order valence-corrected chi connectivity index (χ3v) is 2.80. The molecule has 96 valence electrons. The van der Waals surface area contributed by atoms with Crippen LogP contribution in [-0.4, -0.2) is 19.3 Å². The van der Waals surface area contributed by atoms with Gasteiger partial charge in [0.05, 0.1) is 5.56 Å². The summed E-state index contributed by atoms with van der Waals surface area (Å²) >= 11 is 0. The highest BCUT2D eigenvalue weighted by Gasteiger charge is 2.32. The molecule has 0 aliphatic rings. The zero-order chi connectivity index (χ0) is 14.0. The Morgan fingerprint density at radius 2 is 1.94 bits per heavy atom. The summed E-state index contributed by atoms with van der Waals surface area (Å²) in [6, 6.07) is 0.723. The molecule has 2 nitrogen and oxygen atoms in total. The lowest BCUT2D eigenvalue weighted by molar-refractivity contribution is -0.141. The number of hydrogen-bond donors (Lipinski definition) is 0. The maximum Gasteiger partial charge on any atom is 0.433 e. The van der Waals surface area contributed by atoms with E-state index in [1.54, 1.807) is 0 Å². The maximum atomic E-state index is 12.4. The molecule has 0 aliphatic heterocycles. The molecule has 0 amide bonds. The first-order chi connectivity index (χ1) is 8.13. The molecular formula is C12H12F3NOSi. The fourth-order valence-electron chi connectivity index (χ4n) is 1.08. The molecule has 0 aliphatic carbocycles. The van der Waals surface area contributed by atoms with Crippen LogP contribution >= 0.6 is 0 Å². The molecule has 0 N–H and O–H groups in total. The van der Waals surface area contributed by atoms with Crippen LogP contribution in [0.2, 0.25) is 19.6 Å². The Morgan fingerprint density at radius 1 is 1.33 bits per heavy atom. The van der Waals surface area contributed by atoms with E-state index in [0.29, 0.717) is 6.29 Å². The van der Waals surface area contributed by atoms with Gasteiger partial charge in [0, 0.05) is 11.8 Å². The number of halogens is 3. The van der Waals surface area contributed by atoms with Gasteiger partial charge in [0.25, 0.3) is 0 Å². The van der Waals surface area contributed by atoms with E-state index in [1.165, 1.54) is 0 Å². The fourth-order valence-corrected chi connectivity index (χ4v) is 1.59. The molecule has 0 aromatic carbocycles. The monoisotopic (exact) mass is 271 g/mol. The Kier molecular flexibility index (Phi) is 3.97. The van der Waals surface area contributed by atoms with E-state index in [0.717, 1.165) is 12.3 Å². The highest BCUT2D eigenvalue weighted by molar-refractivity contribution is 6.83. The molecule has 18 heavy (non-hydrogen) atoms. The molecule has 0 saturated heterocycles. The molecular weight excluding hydrogens is 259 g/mol. The molecule has 1 heterocycles. The molecule has 0 saturated carbocycles. The quantitative estimate of drug-likeness (QED) is 0.446. The Morgan fingerprint density at radius 3 is 2.39 bits per heavy atom. The molecule has 1 aromatic heterocycles. The van der Waals surface area contributed by atoms with Crippen LogP contribution in [0.5, 0.6) is 0 Å². The fraction of sp³-hybridized carbons (Fsp3) is 0.333. The van der Waals surface area contributed by atoms with Crippen LogP contribution in [0, 0.1) is 11.5 Å². The minimum atomic E-state index is -4.55. The van der Waals surface area contributed by atoms with Gasteiger partial charge in [0.2, 0.25) is 0 Å². The van der Waals surface area contributed by atoms with E-state index in [2.05, 4.69) is 16.4 Å². The number of carbonyl (C=O) groups excluding carboxylic acids is 1. The standard InChI is InChI=1S/C12H12F3NOSi/c1-18(2,3)5-4-9-7-16-11(12(13,14)15)6-10(9)8-17/h6-8H,1-3H3. The largest absolute Gasteiger partial charge is 0.433 e. The summed E-state index contributed by atoms with van der Waals surface area (Å²) in [6.45, 7) is 5.99. The second kappa shape index (κ2) is 4.94. The van der Waals surface area contributed by atoms with Crippen molar-refractivity contribution in [3.05, 3.63) is 29.1 Å². The van der Waals surface area contributed by atoms with E-state index in [9.17, 15) is 18.0 Å². The first-order valence-electron chi connectivity index (χ1n) is 5.19. The van der Waals surface area contributed by atoms with Crippen LogP contribution < -0.4 is 0 Å². The summed E-state index contributed by atoms with van der Waals surface area (Å²) < 4.78 is 37.2. The van der Waals surface area contributed by atoms with E-state index in [4.69, 9.17) is 0 Å². The van der Waals surface area contributed by atoms with Gasteiger partial charge >= 0.3 is 6.18 Å². The highest BCUT2D eigenvalue weighted by atomic mass is 28.3. The number of rotatable bonds is 1. The van der Waals surface area contributed by atoms with Crippen molar-refractivity contribution in [2.45, 2.75) is 25.8 Å². The molecule has 0 atom stereocenters. The van der Waals surface area contributed by atoms with E-state index in [-0.39, 0.29) is 11.1 Å². The average Bonchev–Trinajstić information content (AvgIpc) is 2.23. The van der Waals surface area contributed by atoms with Crippen LogP contribution in [0.15, 0.2) is 12.3 Å². The number of nitrogens with zero attached hydrogens (tertiary/aromatic N) is 1. The number of pyridine rings is 1. The predicted octanol–water partition coefficient (Wildman–Crippen LogP) is 3.14. The van der Waals surface area contributed by atoms with Crippen molar-refractivity contribution in [2.24, 2.45) is 0 Å². The van der Waals surface area contributed by atoms with Crippen LogP contribution in [-0.2, 0) is 6.18 Å². The van der Waals surface area contributed by atoms with Crippen molar-refractivity contribution in [1.29, 1.82) is 0 Å². The highest BCUT2D eigenvalue weighted by Crippen LogP contribution is 2.28. The summed E-state index contributed by atoms with van der Waals surface area (Å²) in [5, 5.41) is 0. The lowest BCUT2D eigenvalue weighted by Gasteiger charge is -2.07. The van der Waals surface area contributed by atoms with Crippen molar-refractivity contribution < 1.29 is 18.0 Å². The van der Waals surface area contributed by atoms with Crippen molar-refractivity contribution in [2.75, 3.05) is 0 Å². The number of aldehydes is 1. The average molecular weight is 271 g/mol. The summed E-state index contributed by atoms with van der Waals surface area (Å²) in [5.41, 5.74) is 2.06. The lowest BCUT2D eigenvalue weighted by atomic mass is 10.1. The Balaban J connectivity index is 3.24. The van der Waals surface area contributed by atoms with Crippen LogP contribution in [0.4, 0.5) is 13.2 Å². The smallest absolute Gasteiger partial charge is 0.298 e. The zero-order valence-electron chi connectivity index (χ0n) is 10.2. The van der Waals surface area contributed by atoms with Gasteiger partial charge in [-0.05, 0) is 6.07 Å². The first-order valence-corrected chi connectivity index (χ1v) is 8.69. The Labute approximate surface area is 104 Å². The van der Waals surface area contributed by atoms with Gasteiger partial charge < -0.3 is 0 Å². The number of hydrogen-bond acceptors (Lipinski definition) is 2. The summed E-state index contributed by atoms with van der Waals surface area (Å²) in [5.74, 6) is 2.73. The SMILES string of the molecule is C[Si](C)(C)C#Cc1cnc(C(F)(F)F)cc1C=O. The predicted molar refractivity (Wildman–Crippen MR) is 64.9 cm³/mol. The van der Waals surface area contributed by atoms with Crippen molar-refractivity contribution in [1.82, 2.24) is 4.98 Å². The molecule has 0 unspecified atom stereocenters. The van der Waals surface area contributed by atoms with E-state index < -0.39 is 19.9 Å². The topological polar surface area (TPSA) is 30.0 Å². The Hall–Kier alpha value is -1.61. The molecule has 0 bridgehead atoms. The Bertz CT molecular complexity index is 521. The number of carbonyl (C=O) groups is 1. The van der Waals surface area contributed by atoms with E-state index in [1.807, 2.05) is 19.6 Å². The normalized spacial score (nSPS) is 11.7. The third kappa shape index (κ3) is 4.00. The second-order valence-electron chi connectivity index (χ2n) is 4.77. The van der Waals surface area contributed by atoms with Gasteiger partial charge in [0.15, 0.2) is 6.29 Å². The molecule has 1 rings (SSSR count). The molecule has 1 aromatic rings. The second-order valence-corrected chi connectivity index (χ2v) is 9.52. The number of aromatic nitrogens is 1. The zero-order valence-corrected chi connectivity index (χ0v) is 11.2. The van der Waals surface area contributed by atoms with Crippen molar-refractivity contribution in [3.8, 4) is 11.5 Å². The molecule has 0 radical (unpaired) electrons. The van der Waals surface area contributed by atoms with Crippen LogP contribution in [0.25, 0.3) is 0 Å². The van der Waals surface area contributed by atoms with Gasteiger partial charge in [-0.2, -0.15) is 13.2 Å². The number of alkyl halides is 3. The van der Waals surface area contributed by atoms with Gasteiger partial charge in [-0.25, -0.2) is 0 Å². The lowest BCUT2D eigenvalue weighted by Crippen LogP contribution is -2.16. The summed E-state index contributed by atoms with van der Waals surface area (Å²) in [6.07, 6.45) is -3.19. The van der Waals surface area contributed by atoms with Crippen LogP contribution in [0.1, 0.15) is 21.6 Å². The van der Waals surface area contributed by atoms with Crippen molar-refractivity contribution in [3.63, 3.8) is 0 Å². The van der Waals surface area contributed by atoms with Crippen LogP contribution in [0.3, 0.4) is 0 Å². The summed E-state index contributed by atoms with van der Waals surface area (Å²) in [4.78, 5) is 14.1. The minimum absolute atomic E-state index is 0.0805. The molecule has 0 fully saturated rings. The summed E-state index contributed by atoms with van der Waals surface area (Å²) in [7, 11) is -1.65. The van der Waals surface area contributed by atoms with Gasteiger partial charge in [-0.15, -0.1) is 5.54 Å². The molecule has 6 heteroatoms. The van der Waals surface area contributed by atoms with Gasteiger partial charge in [0.1, 0.15) is 13.8 Å². The third-order valence-electron chi connectivity index (χ3n) is 1.93.